The molecule has 0 amide bonds. The van der Waals surface area contributed by atoms with Crippen molar-refractivity contribution in [1.29, 1.82) is 15.8 Å². The molecule has 0 aliphatic carbocycles. The number of hydrogen-bond donors (Lipinski definition) is 0. The lowest BCUT2D eigenvalue weighted by Crippen LogP contribution is -2.25. The molecule has 2 rings (SSSR count). The van der Waals surface area contributed by atoms with Crippen LogP contribution in [0.25, 0.3) is 0 Å². The molecule has 5 heteroatoms. The first-order valence-electron chi connectivity index (χ1n) is 10.1. The molecule has 160 valence electrons. The maximum absolute atomic E-state index is 10.2. The first-order chi connectivity index (χ1) is 14.4. The monoisotopic (exact) mass is 539 g/mol. The zero-order valence-electron chi connectivity index (χ0n) is 18.7. The highest BCUT2D eigenvalue weighted by molar-refractivity contribution is 9.08. The lowest BCUT2D eigenvalue weighted by Gasteiger charge is -2.27. The van der Waals surface area contributed by atoms with Gasteiger partial charge in [-0.15, -0.1) is 0 Å². The summed E-state index contributed by atoms with van der Waals surface area (Å²) in [6.45, 7) is 9.54. The Morgan fingerprint density at radius 1 is 0.613 bits per heavy atom. The van der Waals surface area contributed by atoms with Crippen molar-refractivity contribution in [2.45, 2.75) is 67.9 Å². The van der Waals surface area contributed by atoms with Crippen LogP contribution in [0.2, 0.25) is 0 Å². The molecule has 0 aromatic heterocycles. The third kappa shape index (κ3) is 5.57. The van der Waals surface area contributed by atoms with Crippen LogP contribution in [0, 0.1) is 34.0 Å². The molecular weight excluding hydrogens is 514 g/mol. The smallest absolute Gasteiger partial charge is 0.0834 e. The SMILES string of the molecule is CC(C)(C#N)c1cc(CBr)cc(CC(C)(C#N)c2cc(CBr)cc(C(C)(C)C#N)c2)c1. The van der Waals surface area contributed by atoms with Gasteiger partial charge in [-0.25, -0.2) is 0 Å². The normalized spacial score (nSPS) is 13.5. The lowest BCUT2D eigenvalue weighted by atomic mass is 9.74. The van der Waals surface area contributed by atoms with Crippen LogP contribution >= 0.6 is 31.9 Å². The number of nitriles is 3. The number of rotatable bonds is 7. The molecule has 1 atom stereocenters. The van der Waals surface area contributed by atoms with Gasteiger partial charge in [-0.1, -0.05) is 68.3 Å². The van der Waals surface area contributed by atoms with Crippen molar-refractivity contribution in [3.8, 4) is 18.2 Å². The van der Waals surface area contributed by atoms with E-state index in [0.29, 0.717) is 17.1 Å². The van der Waals surface area contributed by atoms with Gasteiger partial charge in [0, 0.05) is 10.7 Å². The summed E-state index contributed by atoms with van der Waals surface area (Å²) < 4.78 is 0. The molecule has 0 bridgehead atoms. The van der Waals surface area contributed by atoms with Crippen molar-refractivity contribution in [2.24, 2.45) is 0 Å². The summed E-state index contributed by atoms with van der Waals surface area (Å²) in [7, 11) is 0. The molecule has 0 aliphatic heterocycles. The molecule has 0 fully saturated rings. The van der Waals surface area contributed by atoms with E-state index in [4.69, 9.17) is 0 Å². The Labute approximate surface area is 203 Å². The Hall–Kier alpha value is -2.13. The van der Waals surface area contributed by atoms with Gasteiger partial charge >= 0.3 is 0 Å². The van der Waals surface area contributed by atoms with Crippen LogP contribution in [-0.2, 0) is 33.3 Å². The van der Waals surface area contributed by atoms with Crippen molar-refractivity contribution in [2.75, 3.05) is 0 Å². The summed E-state index contributed by atoms with van der Waals surface area (Å²) in [5, 5.41) is 30.8. The molecule has 0 aliphatic rings. The minimum atomic E-state index is -0.780. The fraction of sp³-hybridized carbons (Fsp3) is 0.423. The van der Waals surface area contributed by atoms with Gasteiger partial charge < -0.3 is 0 Å². The molecule has 2 aromatic rings. The topological polar surface area (TPSA) is 71.4 Å². The van der Waals surface area contributed by atoms with E-state index in [9.17, 15) is 15.8 Å². The molecule has 2 aromatic carbocycles. The highest BCUT2D eigenvalue weighted by atomic mass is 79.9. The standard InChI is InChI=1S/C26H27Br2N3/c1-24(2,15-29)21-7-18(6-19(8-21)13-27)12-26(5,17-31)23-10-20(14-28)9-22(11-23)25(3,4)16-30/h6-11H,12-14H2,1-5H3. The first-order valence-corrected chi connectivity index (χ1v) is 12.3. The Bertz CT molecular complexity index is 1100. The van der Waals surface area contributed by atoms with Crippen molar-refractivity contribution >= 4 is 31.9 Å². The number of hydrogen-bond acceptors (Lipinski definition) is 3. The van der Waals surface area contributed by atoms with Gasteiger partial charge in [-0.2, -0.15) is 15.8 Å². The number of halogens is 2. The van der Waals surface area contributed by atoms with Crippen LogP contribution in [0.1, 0.15) is 68.0 Å². The van der Waals surface area contributed by atoms with Crippen molar-refractivity contribution in [1.82, 2.24) is 0 Å². The largest absolute Gasteiger partial charge is 0.197 e. The molecule has 0 heterocycles. The maximum atomic E-state index is 10.2. The van der Waals surface area contributed by atoms with E-state index in [1.54, 1.807) is 0 Å². The summed E-state index contributed by atoms with van der Waals surface area (Å²) in [4.78, 5) is 0. The number of benzene rings is 2. The van der Waals surface area contributed by atoms with Crippen LogP contribution in [0.4, 0.5) is 0 Å². The third-order valence-electron chi connectivity index (χ3n) is 5.80. The fourth-order valence-corrected chi connectivity index (χ4v) is 4.14. The predicted octanol–water partition coefficient (Wildman–Crippen LogP) is 7.10. The van der Waals surface area contributed by atoms with Gasteiger partial charge in [0.25, 0.3) is 0 Å². The third-order valence-corrected chi connectivity index (χ3v) is 7.09. The zero-order valence-corrected chi connectivity index (χ0v) is 21.9. The molecule has 0 saturated carbocycles. The molecule has 0 radical (unpaired) electrons. The first kappa shape index (κ1) is 25.1. The van der Waals surface area contributed by atoms with Gasteiger partial charge in [0.05, 0.1) is 34.5 Å². The Balaban J connectivity index is 2.62. The zero-order chi connectivity index (χ0) is 23.4. The van der Waals surface area contributed by atoms with Crippen molar-refractivity contribution in [3.63, 3.8) is 0 Å². The molecule has 31 heavy (non-hydrogen) atoms. The number of nitrogens with zero attached hydrogens (tertiary/aromatic N) is 3. The van der Waals surface area contributed by atoms with Gasteiger partial charge in [-0.05, 0) is 74.4 Å². The summed E-state index contributed by atoms with van der Waals surface area (Å²) in [6, 6.07) is 19.5. The van der Waals surface area contributed by atoms with Crippen LogP contribution in [0.3, 0.4) is 0 Å². The predicted molar refractivity (Wildman–Crippen MR) is 132 cm³/mol. The second kappa shape index (κ2) is 9.56. The van der Waals surface area contributed by atoms with Gasteiger partial charge in [0.15, 0.2) is 0 Å². The van der Waals surface area contributed by atoms with Crippen molar-refractivity contribution < 1.29 is 0 Å². The second-order valence-corrected chi connectivity index (χ2v) is 10.4. The quantitative estimate of drug-likeness (QED) is 0.351. The number of alkyl halides is 2. The van der Waals surface area contributed by atoms with E-state index in [0.717, 1.165) is 33.4 Å². The lowest BCUT2D eigenvalue weighted by molar-refractivity contribution is 0.597. The van der Waals surface area contributed by atoms with E-state index >= 15 is 0 Å². The van der Waals surface area contributed by atoms with E-state index in [1.165, 1.54) is 0 Å². The summed E-state index contributed by atoms with van der Waals surface area (Å²) >= 11 is 7.06. The molecule has 0 spiro atoms. The summed E-state index contributed by atoms with van der Waals surface area (Å²) in [5.74, 6) is 0. The van der Waals surface area contributed by atoms with Crippen LogP contribution in [0.15, 0.2) is 36.4 Å². The van der Waals surface area contributed by atoms with Gasteiger partial charge in [0.1, 0.15) is 0 Å². The fourth-order valence-electron chi connectivity index (χ4n) is 3.49. The second-order valence-electron chi connectivity index (χ2n) is 9.32. The Morgan fingerprint density at radius 3 is 1.48 bits per heavy atom. The molecular formula is C26H27Br2N3. The summed E-state index contributed by atoms with van der Waals surface area (Å²) in [6.07, 6.45) is 0.511. The molecule has 1 unspecified atom stereocenters. The van der Waals surface area contributed by atoms with Crippen LogP contribution in [0.5, 0.6) is 0 Å². The van der Waals surface area contributed by atoms with Crippen LogP contribution in [-0.4, -0.2) is 0 Å². The van der Waals surface area contributed by atoms with Crippen LogP contribution < -0.4 is 0 Å². The average Bonchev–Trinajstić information content (AvgIpc) is 2.78. The highest BCUT2D eigenvalue weighted by Gasteiger charge is 2.31. The van der Waals surface area contributed by atoms with E-state index in [1.807, 2.05) is 65.0 Å². The molecule has 3 nitrogen and oxygen atoms in total. The van der Waals surface area contributed by atoms with Gasteiger partial charge in [-0.3, -0.25) is 0 Å². The highest BCUT2D eigenvalue weighted by Crippen LogP contribution is 2.35. The minimum Gasteiger partial charge on any atom is -0.197 e. The minimum absolute atomic E-state index is 0.511. The maximum Gasteiger partial charge on any atom is 0.0834 e. The van der Waals surface area contributed by atoms with E-state index in [2.05, 4.69) is 56.1 Å². The summed E-state index contributed by atoms with van der Waals surface area (Å²) in [5.41, 5.74) is 3.85. The van der Waals surface area contributed by atoms with Gasteiger partial charge in [0.2, 0.25) is 0 Å². The van der Waals surface area contributed by atoms with E-state index in [-0.39, 0.29) is 0 Å². The average molecular weight is 541 g/mol. The Kier molecular flexibility index (Phi) is 7.75. The molecule has 0 N–H and O–H groups in total. The Morgan fingerprint density at radius 2 is 1.03 bits per heavy atom. The van der Waals surface area contributed by atoms with Crippen molar-refractivity contribution in [3.05, 3.63) is 69.8 Å². The van der Waals surface area contributed by atoms with E-state index < -0.39 is 16.2 Å². The molecule has 0 saturated heterocycles.